The zero-order valence-corrected chi connectivity index (χ0v) is 9.17. The predicted molar refractivity (Wildman–Crippen MR) is 53.6 cm³/mol. The minimum absolute atomic E-state index is 0.0492. The number of hydrogen-bond donors (Lipinski definition) is 0. The van der Waals surface area contributed by atoms with E-state index in [9.17, 15) is 4.79 Å². The first-order valence-corrected chi connectivity index (χ1v) is 4.93. The van der Waals surface area contributed by atoms with Crippen LogP contribution in [0.4, 0.5) is 0 Å². The van der Waals surface area contributed by atoms with Gasteiger partial charge in [-0.15, -0.1) is 0 Å². The van der Waals surface area contributed by atoms with E-state index in [4.69, 9.17) is 4.74 Å². The third kappa shape index (κ3) is 5.64. The summed E-state index contributed by atoms with van der Waals surface area (Å²) in [6, 6.07) is 0. The number of rotatable bonds is 6. The van der Waals surface area contributed by atoms with Crippen LogP contribution in [0.5, 0.6) is 0 Å². The normalized spacial score (nSPS) is 13.0. The molecule has 0 aromatic heterocycles. The number of hydrogen-bond acceptors (Lipinski definition) is 3. The molecule has 0 aromatic rings. The molecule has 78 valence electrons. The van der Waals surface area contributed by atoms with Gasteiger partial charge in [0.15, 0.2) is 0 Å². The molecule has 0 fully saturated rings. The highest BCUT2D eigenvalue weighted by atomic mass is 16.5. The summed E-state index contributed by atoms with van der Waals surface area (Å²) in [6.45, 7) is 5.29. The largest absolute Gasteiger partial charge is 0.466 e. The van der Waals surface area contributed by atoms with Crippen LogP contribution in [0.25, 0.3) is 0 Å². The van der Waals surface area contributed by atoms with Crippen LogP contribution in [0.15, 0.2) is 0 Å². The Morgan fingerprint density at radius 2 is 2.00 bits per heavy atom. The fraction of sp³-hybridized carbons (Fsp3) is 0.900. The molecule has 1 unspecified atom stereocenters. The van der Waals surface area contributed by atoms with Crippen molar-refractivity contribution in [1.82, 2.24) is 4.90 Å². The van der Waals surface area contributed by atoms with Crippen LogP contribution in [0.1, 0.15) is 26.7 Å². The summed E-state index contributed by atoms with van der Waals surface area (Å²) in [6.07, 6.45) is 1.76. The van der Waals surface area contributed by atoms with E-state index in [2.05, 4.69) is 4.90 Å². The minimum atomic E-state index is -0.0492. The van der Waals surface area contributed by atoms with Gasteiger partial charge < -0.3 is 9.64 Å². The molecule has 0 radical (unpaired) electrons. The average molecular weight is 187 g/mol. The molecule has 0 saturated carbocycles. The van der Waals surface area contributed by atoms with Crippen LogP contribution >= 0.6 is 0 Å². The number of esters is 1. The van der Waals surface area contributed by atoms with Gasteiger partial charge in [-0.05, 0) is 40.4 Å². The second kappa shape index (κ2) is 6.89. The second-order valence-corrected chi connectivity index (χ2v) is 3.45. The van der Waals surface area contributed by atoms with E-state index in [0.29, 0.717) is 6.61 Å². The average Bonchev–Trinajstić information content (AvgIpc) is 2.05. The van der Waals surface area contributed by atoms with Crippen molar-refractivity contribution in [2.24, 2.45) is 5.92 Å². The van der Waals surface area contributed by atoms with Crippen molar-refractivity contribution in [2.45, 2.75) is 26.7 Å². The van der Waals surface area contributed by atoms with Gasteiger partial charge in [0, 0.05) is 0 Å². The molecule has 0 N–H and O–H groups in total. The standard InChI is InChI=1S/C10H21NO2/c1-5-9(7-8-11(3)4)10(12)13-6-2/h9H,5-8H2,1-4H3. The Labute approximate surface area is 81.1 Å². The summed E-state index contributed by atoms with van der Waals surface area (Å²) in [5.41, 5.74) is 0. The molecule has 0 rings (SSSR count). The van der Waals surface area contributed by atoms with E-state index in [1.807, 2.05) is 27.9 Å². The minimum Gasteiger partial charge on any atom is -0.466 e. The highest BCUT2D eigenvalue weighted by molar-refractivity contribution is 5.72. The summed E-state index contributed by atoms with van der Waals surface area (Å²) in [5, 5.41) is 0. The number of ether oxygens (including phenoxy) is 1. The molecule has 3 nitrogen and oxygen atoms in total. The van der Waals surface area contributed by atoms with Gasteiger partial charge in [0.2, 0.25) is 0 Å². The molecule has 0 aromatic carbocycles. The van der Waals surface area contributed by atoms with Gasteiger partial charge in [-0.3, -0.25) is 4.79 Å². The predicted octanol–water partition coefficient (Wildman–Crippen LogP) is 1.53. The fourth-order valence-corrected chi connectivity index (χ4v) is 1.16. The van der Waals surface area contributed by atoms with Crippen molar-refractivity contribution in [3.05, 3.63) is 0 Å². The van der Waals surface area contributed by atoms with Gasteiger partial charge >= 0.3 is 5.97 Å². The topological polar surface area (TPSA) is 29.5 Å². The Kier molecular flexibility index (Phi) is 6.59. The molecule has 0 aliphatic heterocycles. The number of carbonyl (C=O) groups is 1. The smallest absolute Gasteiger partial charge is 0.308 e. The van der Waals surface area contributed by atoms with E-state index >= 15 is 0 Å². The van der Waals surface area contributed by atoms with E-state index < -0.39 is 0 Å². The lowest BCUT2D eigenvalue weighted by molar-refractivity contribution is -0.148. The van der Waals surface area contributed by atoms with Crippen molar-refractivity contribution in [2.75, 3.05) is 27.2 Å². The lowest BCUT2D eigenvalue weighted by atomic mass is 10.0. The second-order valence-electron chi connectivity index (χ2n) is 3.45. The first kappa shape index (κ1) is 12.4. The van der Waals surface area contributed by atoms with Crippen molar-refractivity contribution >= 4 is 5.97 Å². The molecular weight excluding hydrogens is 166 g/mol. The lowest BCUT2D eigenvalue weighted by Crippen LogP contribution is -2.23. The third-order valence-corrected chi connectivity index (χ3v) is 2.04. The molecule has 0 heterocycles. The molecule has 1 atom stereocenters. The number of nitrogens with zero attached hydrogens (tertiary/aromatic N) is 1. The molecule has 0 aliphatic carbocycles. The molecule has 13 heavy (non-hydrogen) atoms. The van der Waals surface area contributed by atoms with Crippen molar-refractivity contribution in [1.29, 1.82) is 0 Å². The monoisotopic (exact) mass is 187 g/mol. The maximum atomic E-state index is 11.3. The summed E-state index contributed by atoms with van der Waals surface area (Å²) in [4.78, 5) is 13.4. The van der Waals surface area contributed by atoms with Gasteiger partial charge in [0.25, 0.3) is 0 Å². The van der Waals surface area contributed by atoms with E-state index in [1.165, 1.54) is 0 Å². The van der Waals surface area contributed by atoms with Crippen molar-refractivity contribution in [3.63, 3.8) is 0 Å². The van der Waals surface area contributed by atoms with Crippen molar-refractivity contribution in [3.8, 4) is 0 Å². The van der Waals surface area contributed by atoms with Gasteiger partial charge in [-0.1, -0.05) is 6.92 Å². The van der Waals surface area contributed by atoms with Crippen LogP contribution in [-0.2, 0) is 9.53 Å². The van der Waals surface area contributed by atoms with E-state index in [1.54, 1.807) is 0 Å². The maximum Gasteiger partial charge on any atom is 0.308 e. The first-order chi connectivity index (χ1) is 6.11. The first-order valence-electron chi connectivity index (χ1n) is 4.93. The van der Waals surface area contributed by atoms with Gasteiger partial charge in [-0.25, -0.2) is 0 Å². The molecule has 0 bridgehead atoms. The Morgan fingerprint density at radius 1 is 1.38 bits per heavy atom. The fourth-order valence-electron chi connectivity index (χ4n) is 1.16. The summed E-state index contributed by atoms with van der Waals surface area (Å²) >= 11 is 0. The molecular formula is C10H21NO2. The number of carbonyl (C=O) groups excluding carboxylic acids is 1. The summed E-state index contributed by atoms with van der Waals surface area (Å²) in [7, 11) is 4.02. The summed E-state index contributed by atoms with van der Waals surface area (Å²) in [5.74, 6) is 0.0224. The SMILES string of the molecule is CCOC(=O)C(CC)CCN(C)C. The Bertz CT molecular complexity index is 146. The highest BCUT2D eigenvalue weighted by Crippen LogP contribution is 2.10. The van der Waals surface area contributed by atoms with Crippen LogP contribution in [-0.4, -0.2) is 38.1 Å². The Hall–Kier alpha value is -0.570. The Balaban J connectivity index is 3.80. The van der Waals surface area contributed by atoms with Crippen molar-refractivity contribution < 1.29 is 9.53 Å². The van der Waals surface area contributed by atoms with E-state index in [0.717, 1.165) is 19.4 Å². The third-order valence-electron chi connectivity index (χ3n) is 2.04. The molecule has 0 amide bonds. The van der Waals surface area contributed by atoms with Crippen LogP contribution < -0.4 is 0 Å². The Morgan fingerprint density at radius 3 is 2.38 bits per heavy atom. The van der Waals surface area contributed by atoms with Crippen LogP contribution in [0, 0.1) is 5.92 Å². The molecule has 3 heteroatoms. The summed E-state index contributed by atoms with van der Waals surface area (Å²) < 4.78 is 4.97. The molecule has 0 aliphatic rings. The molecule has 0 spiro atoms. The van der Waals surface area contributed by atoms with Crippen LogP contribution in [0.3, 0.4) is 0 Å². The zero-order chi connectivity index (χ0) is 10.3. The van der Waals surface area contributed by atoms with E-state index in [-0.39, 0.29) is 11.9 Å². The van der Waals surface area contributed by atoms with Crippen LogP contribution in [0.2, 0.25) is 0 Å². The quantitative estimate of drug-likeness (QED) is 0.591. The molecule has 0 saturated heterocycles. The van der Waals surface area contributed by atoms with Gasteiger partial charge in [0.1, 0.15) is 0 Å². The highest BCUT2D eigenvalue weighted by Gasteiger charge is 2.16. The zero-order valence-electron chi connectivity index (χ0n) is 9.17. The lowest BCUT2D eigenvalue weighted by Gasteiger charge is -2.16. The van der Waals surface area contributed by atoms with Gasteiger partial charge in [0.05, 0.1) is 12.5 Å². The maximum absolute atomic E-state index is 11.3. The van der Waals surface area contributed by atoms with Gasteiger partial charge in [-0.2, -0.15) is 0 Å².